The molecule has 118 valence electrons. The third-order valence-corrected chi connectivity index (χ3v) is 4.19. The van der Waals surface area contributed by atoms with E-state index in [9.17, 15) is 9.90 Å². The van der Waals surface area contributed by atoms with Gasteiger partial charge in [-0.1, -0.05) is 12.1 Å². The molecule has 1 aliphatic heterocycles. The molecule has 7 nitrogen and oxygen atoms in total. The van der Waals surface area contributed by atoms with Crippen LogP contribution in [0.1, 0.15) is 10.5 Å². The number of ether oxygens (including phenoxy) is 1. The fourth-order valence-corrected chi connectivity index (χ4v) is 2.94. The highest BCUT2D eigenvalue weighted by atomic mass is 16.5. The number of aliphatic hydroxyl groups is 1. The number of likely N-dealkylation sites (tertiary alicyclic amines) is 1. The molecule has 0 unspecified atom stereocenters. The van der Waals surface area contributed by atoms with Crippen LogP contribution >= 0.6 is 0 Å². The number of hydrogen-bond acceptors (Lipinski definition) is 5. The molecular formula is C15H20N4O3. The number of methoxy groups -OCH3 is 1. The number of β-amino-alcohol motifs (C(OH)–C–C–N with tert-alkyl or cyclic N) is 1. The van der Waals surface area contributed by atoms with Crippen LogP contribution in [0, 0.1) is 0 Å². The summed E-state index contributed by atoms with van der Waals surface area (Å²) in [6.45, 7) is 0.811. The van der Waals surface area contributed by atoms with Crippen molar-refractivity contribution in [3.8, 4) is 5.75 Å². The number of benzene rings is 1. The van der Waals surface area contributed by atoms with Crippen LogP contribution in [0.25, 0.3) is 10.9 Å². The summed E-state index contributed by atoms with van der Waals surface area (Å²) in [5.74, 6) is 0.472. The van der Waals surface area contributed by atoms with E-state index < -0.39 is 6.10 Å². The summed E-state index contributed by atoms with van der Waals surface area (Å²) in [4.78, 5) is 16.3. The summed E-state index contributed by atoms with van der Waals surface area (Å²) < 4.78 is 5.27. The summed E-state index contributed by atoms with van der Waals surface area (Å²) in [7, 11) is 5.38. The number of hydrogen-bond donors (Lipinski definition) is 2. The Balaban J connectivity index is 1.91. The predicted octanol–water partition coefficient (Wildman–Crippen LogP) is 0.318. The molecule has 1 aromatic heterocycles. The van der Waals surface area contributed by atoms with Crippen molar-refractivity contribution in [1.82, 2.24) is 20.0 Å². The standard InChI is InChI=1S/C15H20N4O3/c1-18(2)10-7-19(8-11(10)20)15(21)14-9-5-4-6-12(22-3)13(9)16-17-14/h4-6,10-11,20H,7-8H2,1-3H3,(H,16,17)/t10-,11-/m0/s1. The second-order valence-corrected chi connectivity index (χ2v) is 5.76. The quantitative estimate of drug-likeness (QED) is 0.853. The molecule has 3 rings (SSSR count). The number of carbonyl (C=O) groups is 1. The lowest BCUT2D eigenvalue weighted by atomic mass is 10.2. The molecule has 2 N–H and O–H groups in total. The van der Waals surface area contributed by atoms with Gasteiger partial charge in [-0.05, 0) is 20.2 Å². The zero-order valence-corrected chi connectivity index (χ0v) is 12.9. The van der Waals surface area contributed by atoms with Gasteiger partial charge >= 0.3 is 0 Å². The molecule has 2 atom stereocenters. The van der Waals surface area contributed by atoms with Crippen LogP contribution in [-0.2, 0) is 0 Å². The van der Waals surface area contributed by atoms with E-state index in [1.165, 1.54) is 0 Å². The maximum Gasteiger partial charge on any atom is 0.275 e. The number of likely N-dealkylation sites (N-methyl/N-ethyl adjacent to an activating group) is 1. The molecule has 7 heteroatoms. The highest BCUT2D eigenvalue weighted by Crippen LogP contribution is 2.27. The van der Waals surface area contributed by atoms with Gasteiger partial charge in [-0.2, -0.15) is 5.10 Å². The molecule has 1 fully saturated rings. The Morgan fingerprint density at radius 1 is 1.45 bits per heavy atom. The fourth-order valence-electron chi connectivity index (χ4n) is 2.94. The predicted molar refractivity (Wildman–Crippen MR) is 82.0 cm³/mol. The highest BCUT2D eigenvalue weighted by Gasteiger charge is 2.36. The lowest BCUT2D eigenvalue weighted by Gasteiger charge is -2.21. The van der Waals surface area contributed by atoms with E-state index in [4.69, 9.17) is 4.74 Å². The van der Waals surface area contributed by atoms with Gasteiger partial charge in [0.05, 0.1) is 19.3 Å². The molecule has 0 bridgehead atoms. The summed E-state index contributed by atoms with van der Waals surface area (Å²) in [6, 6.07) is 5.43. The number of rotatable bonds is 3. The van der Waals surface area contributed by atoms with Crippen LogP contribution in [0.5, 0.6) is 5.75 Å². The van der Waals surface area contributed by atoms with Crippen LogP contribution < -0.4 is 4.74 Å². The molecular weight excluding hydrogens is 284 g/mol. The summed E-state index contributed by atoms with van der Waals surface area (Å²) >= 11 is 0. The minimum Gasteiger partial charge on any atom is -0.494 e. The largest absolute Gasteiger partial charge is 0.494 e. The first-order valence-corrected chi connectivity index (χ1v) is 7.17. The molecule has 22 heavy (non-hydrogen) atoms. The van der Waals surface area contributed by atoms with Crippen LogP contribution in [0.4, 0.5) is 0 Å². The monoisotopic (exact) mass is 304 g/mol. The van der Waals surface area contributed by atoms with Crippen molar-refractivity contribution in [2.24, 2.45) is 0 Å². The second-order valence-electron chi connectivity index (χ2n) is 5.76. The lowest BCUT2D eigenvalue weighted by Crippen LogP contribution is -2.38. The molecule has 0 spiro atoms. The van der Waals surface area contributed by atoms with Crippen molar-refractivity contribution in [3.63, 3.8) is 0 Å². The highest BCUT2D eigenvalue weighted by molar-refractivity contribution is 6.06. The number of aliphatic hydroxyl groups excluding tert-OH is 1. The number of nitrogens with zero attached hydrogens (tertiary/aromatic N) is 3. The molecule has 0 aliphatic carbocycles. The first kappa shape index (κ1) is 14.8. The first-order valence-electron chi connectivity index (χ1n) is 7.17. The van der Waals surface area contributed by atoms with Crippen LogP contribution in [0.3, 0.4) is 0 Å². The van der Waals surface area contributed by atoms with Crippen LogP contribution in [0.15, 0.2) is 18.2 Å². The number of nitrogens with one attached hydrogen (secondary N) is 1. The second kappa shape index (κ2) is 5.58. The van der Waals surface area contributed by atoms with Gasteiger partial charge in [0.2, 0.25) is 0 Å². The van der Waals surface area contributed by atoms with Gasteiger partial charge in [-0.3, -0.25) is 9.89 Å². The van der Waals surface area contributed by atoms with E-state index in [0.717, 1.165) is 5.39 Å². The Morgan fingerprint density at radius 2 is 2.23 bits per heavy atom. The summed E-state index contributed by atoms with van der Waals surface area (Å²) in [6.07, 6.45) is -0.543. The lowest BCUT2D eigenvalue weighted by molar-refractivity contribution is 0.0760. The van der Waals surface area contributed by atoms with Gasteiger partial charge < -0.3 is 19.6 Å². The maximum atomic E-state index is 12.7. The molecule has 2 heterocycles. The number of para-hydroxylation sites is 1. The molecule has 1 saturated heterocycles. The maximum absolute atomic E-state index is 12.7. The van der Waals surface area contributed by atoms with Gasteiger partial charge in [-0.15, -0.1) is 0 Å². The van der Waals surface area contributed by atoms with E-state index in [-0.39, 0.29) is 11.9 Å². The molecule has 0 saturated carbocycles. The Labute approximate surface area is 128 Å². The Bertz CT molecular complexity index is 697. The number of H-pyrrole nitrogens is 1. The van der Waals surface area contributed by atoms with Gasteiger partial charge in [-0.25, -0.2) is 0 Å². The van der Waals surface area contributed by atoms with Crippen molar-refractivity contribution >= 4 is 16.8 Å². The number of aromatic amines is 1. The summed E-state index contributed by atoms with van der Waals surface area (Å²) in [5, 5.41) is 17.8. The Morgan fingerprint density at radius 3 is 2.86 bits per heavy atom. The van der Waals surface area contributed by atoms with Crippen LogP contribution in [0.2, 0.25) is 0 Å². The number of aromatic nitrogens is 2. The molecule has 1 amide bonds. The topological polar surface area (TPSA) is 81.7 Å². The minimum absolute atomic E-state index is 0.0521. The van der Waals surface area contributed by atoms with Crippen molar-refractivity contribution in [2.75, 3.05) is 34.3 Å². The van der Waals surface area contributed by atoms with E-state index in [1.54, 1.807) is 12.0 Å². The van der Waals surface area contributed by atoms with E-state index in [0.29, 0.717) is 30.0 Å². The molecule has 1 aliphatic rings. The van der Waals surface area contributed by atoms with E-state index in [2.05, 4.69) is 10.2 Å². The molecule has 1 aromatic carbocycles. The van der Waals surface area contributed by atoms with Crippen LogP contribution in [-0.4, -0.2) is 77.5 Å². The van der Waals surface area contributed by atoms with Gasteiger partial charge in [0.25, 0.3) is 5.91 Å². The Hall–Kier alpha value is -2.12. The van der Waals surface area contributed by atoms with Gasteiger partial charge in [0.1, 0.15) is 11.3 Å². The van der Waals surface area contributed by atoms with Crippen molar-refractivity contribution in [2.45, 2.75) is 12.1 Å². The average Bonchev–Trinajstić information content (AvgIpc) is 3.09. The number of fused-ring (bicyclic) bond motifs is 1. The van der Waals surface area contributed by atoms with Gasteiger partial charge in [0.15, 0.2) is 5.69 Å². The van der Waals surface area contributed by atoms with Crippen molar-refractivity contribution < 1.29 is 14.6 Å². The Kier molecular flexibility index (Phi) is 3.76. The third-order valence-electron chi connectivity index (χ3n) is 4.19. The summed E-state index contributed by atoms with van der Waals surface area (Å²) in [5.41, 5.74) is 1.07. The van der Waals surface area contributed by atoms with E-state index >= 15 is 0 Å². The normalized spacial score (nSPS) is 21.8. The third kappa shape index (κ3) is 2.32. The number of amides is 1. The fraction of sp³-hybridized carbons (Fsp3) is 0.467. The van der Waals surface area contributed by atoms with Crippen molar-refractivity contribution in [1.29, 1.82) is 0 Å². The SMILES string of the molecule is COc1cccc2c(C(=O)N3C[C@H](O)[C@@H](N(C)C)C3)n[nH]c12. The smallest absolute Gasteiger partial charge is 0.275 e. The zero-order valence-electron chi connectivity index (χ0n) is 12.9. The molecule has 2 aromatic rings. The van der Waals surface area contributed by atoms with Gasteiger partial charge in [0, 0.05) is 18.5 Å². The first-order chi connectivity index (χ1) is 10.5. The van der Waals surface area contributed by atoms with Crippen molar-refractivity contribution in [3.05, 3.63) is 23.9 Å². The van der Waals surface area contributed by atoms with E-state index in [1.807, 2.05) is 37.2 Å². The molecule has 0 radical (unpaired) electrons. The number of carbonyl (C=O) groups excluding carboxylic acids is 1. The zero-order chi connectivity index (χ0) is 15.9. The minimum atomic E-state index is -0.543. The average molecular weight is 304 g/mol.